The Bertz CT molecular complexity index is 915. The highest BCUT2D eigenvalue weighted by atomic mass is 19.1. The molecule has 0 saturated carbocycles. The van der Waals surface area contributed by atoms with Crippen LogP contribution in [0.1, 0.15) is 12.8 Å². The van der Waals surface area contributed by atoms with Crippen LogP contribution in [0.25, 0.3) is 0 Å². The van der Waals surface area contributed by atoms with Crippen LogP contribution in [0.2, 0.25) is 0 Å². The zero-order valence-corrected chi connectivity index (χ0v) is 17.1. The van der Waals surface area contributed by atoms with Crippen molar-refractivity contribution in [1.29, 1.82) is 0 Å². The van der Waals surface area contributed by atoms with E-state index in [1.54, 1.807) is 0 Å². The molecule has 3 N–H and O–H groups in total. The second-order valence-electron chi connectivity index (χ2n) is 7.79. The second kappa shape index (κ2) is 8.57. The molecule has 0 bridgehead atoms. The maximum absolute atomic E-state index is 14.0. The first-order valence-corrected chi connectivity index (χ1v) is 9.96. The van der Waals surface area contributed by atoms with Crippen LogP contribution in [0.4, 0.5) is 26.1 Å². The lowest BCUT2D eigenvalue weighted by Crippen LogP contribution is -2.48. The normalized spacial score (nSPS) is 21.6. The van der Waals surface area contributed by atoms with Gasteiger partial charge in [0.2, 0.25) is 11.9 Å². The number of hydrogen-bond acceptors (Lipinski definition) is 8. The molecule has 2 aromatic heterocycles. The molecule has 30 heavy (non-hydrogen) atoms. The highest BCUT2D eigenvalue weighted by Gasteiger charge is 2.27. The van der Waals surface area contributed by atoms with Crippen molar-refractivity contribution in [3.8, 4) is 11.5 Å². The van der Waals surface area contributed by atoms with E-state index in [1.807, 2.05) is 14.1 Å². The summed E-state index contributed by atoms with van der Waals surface area (Å²) in [5.41, 5.74) is 6.07. The van der Waals surface area contributed by atoms with Gasteiger partial charge in [-0.15, -0.1) is 0 Å². The van der Waals surface area contributed by atoms with Crippen LogP contribution in [0.5, 0.6) is 11.5 Å². The summed E-state index contributed by atoms with van der Waals surface area (Å²) in [6, 6.07) is 4.34. The molecule has 4 heterocycles. The molecule has 162 valence electrons. The van der Waals surface area contributed by atoms with E-state index in [0.717, 1.165) is 32.0 Å². The van der Waals surface area contributed by atoms with Gasteiger partial charge >= 0.3 is 0 Å². The Balaban J connectivity index is 1.54. The molecule has 2 atom stereocenters. The van der Waals surface area contributed by atoms with Crippen molar-refractivity contribution in [2.75, 3.05) is 51.4 Å². The summed E-state index contributed by atoms with van der Waals surface area (Å²) in [4.78, 5) is 12.0. The molecule has 10 heteroatoms. The summed E-state index contributed by atoms with van der Waals surface area (Å²) in [5, 5.41) is 2.85. The number of pyridine rings is 2. The van der Waals surface area contributed by atoms with Gasteiger partial charge in [-0.2, -0.15) is 18.7 Å². The van der Waals surface area contributed by atoms with Crippen LogP contribution in [0, 0.1) is 11.9 Å². The number of aromatic nitrogens is 2. The number of likely N-dealkylation sites (N-methyl/N-ethyl adjacent to an activating group) is 2. The summed E-state index contributed by atoms with van der Waals surface area (Å²) in [5.74, 6) is -0.830. The molecule has 0 amide bonds. The highest BCUT2D eigenvalue weighted by Crippen LogP contribution is 2.35. The average Bonchev–Trinajstić information content (AvgIpc) is 2.69. The number of nitrogens with zero attached hydrogens (tertiary/aromatic N) is 4. The van der Waals surface area contributed by atoms with E-state index in [0.29, 0.717) is 25.0 Å². The second-order valence-corrected chi connectivity index (χ2v) is 7.79. The van der Waals surface area contributed by atoms with Gasteiger partial charge in [0.25, 0.3) is 0 Å². The smallest absolute Gasteiger partial charge is 0.217 e. The Morgan fingerprint density at radius 1 is 1.00 bits per heavy atom. The fourth-order valence-electron chi connectivity index (χ4n) is 3.42. The van der Waals surface area contributed by atoms with E-state index in [4.69, 9.17) is 15.2 Å². The minimum absolute atomic E-state index is 0.0261. The lowest BCUT2D eigenvalue weighted by molar-refractivity contribution is 0.0768. The van der Waals surface area contributed by atoms with Crippen LogP contribution in [-0.2, 0) is 0 Å². The minimum atomic E-state index is -0.780. The van der Waals surface area contributed by atoms with Crippen LogP contribution >= 0.6 is 0 Å². The third-order valence-electron chi connectivity index (χ3n) is 5.76. The fraction of sp³-hybridized carbons (Fsp3) is 0.500. The lowest BCUT2D eigenvalue weighted by Gasteiger charge is -2.37. The monoisotopic (exact) mass is 420 g/mol. The van der Waals surface area contributed by atoms with Crippen LogP contribution in [0.3, 0.4) is 0 Å². The molecule has 2 aliphatic heterocycles. The number of hydrogen-bond donors (Lipinski definition) is 2. The van der Waals surface area contributed by atoms with E-state index in [2.05, 4.69) is 25.1 Å². The molecule has 4 rings (SSSR count). The summed E-state index contributed by atoms with van der Waals surface area (Å²) >= 11 is 0. The number of ether oxygens (including phenoxy) is 2. The quantitative estimate of drug-likeness (QED) is 0.629. The lowest BCUT2D eigenvalue weighted by atomic mass is 10.1. The third-order valence-corrected chi connectivity index (χ3v) is 5.76. The van der Waals surface area contributed by atoms with E-state index in [9.17, 15) is 8.78 Å². The zero-order chi connectivity index (χ0) is 21.3. The summed E-state index contributed by atoms with van der Waals surface area (Å²) in [6.45, 7) is 2.84. The molecule has 8 nitrogen and oxygen atoms in total. The van der Waals surface area contributed by atoms with E-state index in [1.165, 1.54) is 12.1 Å². The SMILES string of the molecule is CN1CC[C@@H]1COc1c(N)cc(F)nc1Nc1nc(F)ccc1OC[C@@H]1CCN1C. The summed E-state index contributed by atoms with van der Waals surface area (Å²) in [7, 11) is 4.02. The molecule has 2 aromatic rings. The minimum Gasteiger partial charge on any atom is -0.488 e. The third kappa shape index (κ3) is 4.39. The van der Waals surface area contributed by atoms with Crippen molar-refractivity contribution >= 4 is 17.3 Å². The predicted octanol–water partition coefficient (Wildman–Crippen LogP) is 2.25. The maximum atomic E-state index is 14.0. The van der Waals surface area contributed by atoms with Gasteiger partial charge in [-0.05, 0) is 52.2 Å². The first-order chi connectivity index (χ1) is 14.4. The van der Waals surface area contributed by atoms with Gasteiger partial charge < -0.3 is 20.5 Å². The van der Waals surface area contributed by atoms with Crippen molar-refractivity contribution < 1.29 is 18.3 Å². The Morgan fingerprint density at radius 3 is 2.23 bits per heavy atom. The van der Waals surface area contributed by atoms with Gasteiger partial charge in [0.15, 0.2) is 23.1 Å². The van der Waals surface area contributed by atoms with Crippen LogP contribution in [-0.4, -0.2) is 72.3 Å². The Kier molecular flexibility index (Phi) is 5.87. The predicted molar refractivity (Wildman–Crippen MR) is 109 cm³/mol. The largest absolute Gasteiger partial charge is 0.488 e. The molecule has 2 fully saturated rings. The maximum Gasteiger partial charge on any atom is 0.217 e. The van der Waals surface area contributed by atoms with Crippen molar-refractivity contribution in [3.63, 3.8) is 0 Å². The Morgan fingerprint density at radius 2 is 1.63 bits per heavy atom. The summed E-state index contributed by atoms with van der Waals surface area (Å²) < 4.78 is 39.5. The number of halogens is 2. The van der Waals surface area contributed by atoms with Gasteiger partial charge in [0, 0.05) is 18.2 Å². The van der Waals surface area contributed by atoms with Gasteiger partial charge in [-0.1, -0.05) is 0 Å². The molecule has 0 radical (unpaired) electrons. The number of nitrogens with one attached hydrogen (secondary N) is 1. The number of nitrogen functional groups attached to an aromatic ring is 1. The molecule has 0 aromatic carbocycles. The van der Waals surface area contributed by atoms with E-state index in [-0.39, 0.29) is 29.1 Å². The first-order valence-electron chi connectivity index (χ1n) is 9.96. The summed E-state index contributed by atoms with van der Waals surface area (Å²) in [6.07, 6.45) is 2.04. The fourth-order valence-corrected chi connectivity index (χ4v) is 3.42. The molecular formula is C20H26F2N6O2. The number of rotatable bonds is 8. The number of nitrogens with two attached hydrogens (primary N) is 1. The number of anilines is 3. The Labute approximate surface area is 174 Å². The van der Waals surface area contributed by atoms with Gasteiger partial charge in [-0.3, -0.25) is 9.80 Å². The van der Waals surface area contributed by atoms with Crippen molar-refractivity contribution in [2.24, 2.45) is 0 Å². The standard InChI is InChI=1S/C20H26F2N6O2/c1-27-7-5-12(27)10-29-15-3-4-16(21)24-19(15)26-20-18(14(23)9-17(22)25-20)30-11-13-6-8-28(13)2/h3-4,9,12-13H,5-8,10-11H2,1-2H3,(H3,23,24,25,26)/t12-,13+/m0/s1. The average molecular weight is 420 g/mol. The van der Waals surface area contributed by atoms with Crippen LogP contribution in [0.15, 0.2) is 18.2 Å². The molecule has 2 saturated heterocycles. The first kappa shape index (κ1) is 20.5. The van der Waals surface area contributed by atoms with Gasteiger partial charge in [-0.25, -0.2) is 0 Å². The topological polar surface area (TPSA) is 88.8 Å². The van der Waals surface area contributed by atoms with Crippen molar-refractivity contribution in [3.05, 3.63) is 30.1 Å². The van der Waals surface area contributed by atoms with Crippen molar-refractivity contribution in [2.45, 2.75) is 24.9 Å². The van der Waals surface area contributed by atoms with Gasteiger partial charge in [0.05, 0.1) is 5.69 Å². The molecular weight excluding hydrogens is 394 g/mol. The molecule has 0 aliphatic carbocycles. The van der Waals surface area contributed by atoms with Crippen LogP contribution < -0.4 is 20.5 Å². The molecule has 0 spiro atoms. The Hall–Kier alpha value is -2.72. The number of likely N-dealkylation sites (tertiary alicyclic amines) is 2. The van der Waals surface area contributed by atoms with Crippen molar-refractivity contribution in [1.82, 2.24) is 19.8 Å². The van der Waals surface area contributed by atoms with E-state index >= 15 is 0 Å². The molecule has 2 aliphatic rings. The molecule has 0 unspecified atom stereocenters. The van der Waals surface area contributed by atoms with E-state index < -0.39 is 11.9 Å². The highest BCUT2D eigenvalue weighted by molar-refractivity contribution is 5.71. The zero-order valence-electron chi connectivity index (χ0n) is 17.1. The van der Waals surface area contributed by atoms with Gasteiger partial charge in [0.1, 0.15) is 13.2 Å².